The Balaban J connectivity index is 1.85. The van der Waals surface area contributed by atoms with Gasteiger partial charge in [-0.3, -0.25) is 4.98 Å². The number of nitrogens with one attached hydrogen (secondary N) is 1. The van der Waals surface area contributed by atoms with Crippen molar-refractivity contribution in [3.63, 3.8) is 0 Å². The number of aromatic nitrogens is 1. The molecule has 1 saturated carbocycles. The van der Waals surface area contributed by atoms with E-state index in [0.717, 1.165) is 24.3 Å². The fourth-order valence-electron chi connectivity index (χ4n) is 2.16. The minimum absolute atomic E-state index is 0.352. The summed E-state index contributed by atoms with van der Waals surface area (Å²) in [6, 6.07) is 10.2. The summed E-state index contributed by atoms with van der Waals surface area (Å²) >= 11 is 0. The summed E-state index contributed by atoms with van der Waals surface area (Å²) in [4.78, 5) is 4.36. The Hall–Kier alpha value is -1.61. The van der Waals surface area contributed by atoms with E-state index in [9.17, 15) is 0 Å². The monoisotopic (exact) mass is 227 g/mol. The fourth-order valence-corrected chi connectivity index (χ4v) is 2.16. The third kappa shape index (κ3) is 1.98. The highest BCUT2D eigenvalue weighted by molar-refractivity contribution is 5.90. The van der Waals surface area contributed by atoms with Crippen LogP contribution in [-0.2, 0) is 0 Å². The van der Waals surface area contributed by atoms with Gasteiger partial charge in [-0.15, -0.1) is 0 Å². The number of para-hydroxylation sites is 1. The van der Waals surface area contributed by atoms with Gasteiger partial charge in [-0.1, -0.05) is 18.2 Å². The standard InChI is InChI=1S/C14H17N3/c15-9-14(6-7-14)10-17-13-5-8-16-12-4-2-1-3-11(12)13/h1-5,8H,6-7,9-10,15H2,(H,16,17). The third-order valence-corrected chi connectivity index (χ3v) is 3.69. The lowest BCUT2D eigenvalue weighted by atomic mass is 10.1. The molecule has 3 rings (SSSR count). The summed E-state index contributed by atoms with van der Waals surface area (Å²) in [6.07, 6.45) is 4.35. The summed E-state index contributed by atoms with van der Waals surface area (Å²) in [7, 11) is 0. The molecule has 0 amide bonds. The van der Waals surface area contributed by atoms with Crippen LogP contribution in [0, 0.1) is 5.41 Å². The van der Waals surface area contributed by atoms with Gasteiger partial charge in [0.1, 0.15) is 0 Å². The topological polar surface area (TPSA) is 50.9 Å². The molecule has 0 spiro atoms. The molecule has 0 bridgehead atoms. The van der Waals surface area contributed by atoms with Crippen LogP contribution in [0.4, 0.5) is 5.69 Å². The molecule has 17 heavy (non-hydrogen) atoms. The minimum Gasteiger partial charge on any atom is -0.384 e. The summed E-state index contributed by atoms with van der Waals surface area (Å²) in [5.74, 6) is 0. The molecule has 0 unspecified atom stereocenters. The van der Waals surface area contributed by atoms with E-state index >= 15 is 0 Å². The molecule has 1 aliphatic carbocycles. The predicted molar refractivity (Wildman–Crippen MR) is 71.0 cm³/mol. The molecule has 1 fully saturated rings. The van der Waals surface area contributed by atoms with Crippen LogP contribution < -0.4 is 11.1 Å². The Morgan fingerprint density at radius 1 is 1.24 bits per heavy atom. The van der Waals surface area contributed by atoms with Gasteiger partial charge < -0.3 is 11.1 Å². The molecule has 0 atom stereocenters. The van der Waals surface area contributed by atoms with E-state index < -0.39 is 0 Å². The van der Waals surface area contributed by atoms with Gasteiger partial charge >= 0.3 is 0 Å². The number of rotatable bonds is 4. The number of nitrogens with two attached hydrogens (primary N) is 1. The second kappa shape index (κ2) is 4.00. The normalized spacial score (nSPS) is 17.0. The molecule has 0 saturated heterocycles. The van der Waals surface area contributed by atoms with Crippen LogP contribution >= 0.6 is 0 Å². The maximum atomic E-state index is 5.79. The van der Waals surface area contributed by atoms with Crippen LogP contribution in [0.25, 0.3) is 10.9 Å². The highest BCUT2D eigenvalue weighted by atomic mass is 14.9. The van der Waals surface area contributed by atoms with E-state index in [0.29, 0.717) is 5.41 Å². The third-order valence-electron chi connectivity index (χ3n) is 3.69. The average molecular weight is 227 g/mol. The van der Waals surface area contributed by atoms with Crippen LogP contribution in [-0.4, -0.2) is 18.1 Å². The van der Waals surface area contributed by atoms with Crippen molar-refractivity contribution < 1.29 is 0 Å². The SMILES string of the molecule is NCC1(CNc2ccnc3ccccc23)CC1. The number of benzene rings is 1. The Bertz CT molecular complexity index is 526. The van der Waals surface area contributed by atoms with E-state index in [1.807, 2.05) is 30.5 Å². The zero-order chi connectivity index (χ0) is 11.7. The number of hydrogen-bond acceptors (Lipinski definition) is 3. The van der Waals surface area contributed by atoms with Crippen molar-refractivity contribution in [1.82, 2.24) is 4.98 Å². The van der Waals surface area contributed by atoms with Crippen molar-refractivity contribution in [3.8, 4) is 0 Å². The summed E-state index contributed by atoms with van der Waals surface area (Å²) in [6.45, 7) is 1.75. The van der Waals surface area contributed by atoms with Gasteiger partial charge in [-0.2, -0.15) is 0 Å². The number of nitrogens with zero attached hydrogens (tertiary/aromatic N) is 1. The molecule has 3 nitrogen and oxygen atoms in total. The summed E-state index contributed by atoms with van der Waals surface area (Å²) in [5.41, 5.74) is 8.34. The van der Waals surface area contributed by atoms with Crippen molar-refractivity contribution in [2.75, 3.05) is 18.4 Å². The number of fused-ring (bicyclic) bond motifs is 1. The van der Waals surface area contributed by atoms with E-state index in [-0.39, 0.29) is 0 Å². The lowest BCUT2D eigenvalue weighted by molar-refractivity contribution is 0.556. The van der Waals surface area contributed by atoms with Crippen molar-refractivity contribution in [1.29, 1.82) is 0 Å². The lowest BCUT2D eigenvalue weighted by Crippen LogP contribution is -2.24. The maximum absolute atomic E-state index is 5.79. The highest BCUT2D eigenvalue weighted by Gasteiger charge is 2.40. The molecule has 1 aromatic heterocycles. The molecule has 3 N–H and O–H groups in total. The molecule has 0 aliphatic heterocycles. The van der Waals surface area contributed by atoms with Crippen molar-refractivity contribution in [3.05, 3.63) is 36.5 Å². The van der Waals surface area contributed by atoms with E-state index in [4.69, 9.17) is 5.73 Å². The second-order valence-electron chi connectivity index (χ2n) is 4.93. The van der Waals surface area contributed by atoms with E-state index in [2.05, 4.69) is 16.4 Å². The highest BCUT2D eigenvalue weighted by Crippen LogP contribution is 2.44. The first-order chi connectivity index (χ1) is 8.33. The molecular formula is C14H17N3. The average Bonchev–Trinajstić information content (AvgIpc) is 3.17. The predicted octanol–water partition coefficient (Wildman–Crippen LogP) is 2.39. The maximum Gasteiger partial charge on any atom is 0.0722 e. The van der Waals surface area contributed by atoms with Crippen LogP contribution in [0.15, 0.2) is 36.5 Å². The first-order valence-electron chi connectivity index (χ1n) is 6.11. The molecule has 1 aromatic carbocycles. The first-order valence-corrected chi connectivity index (χ1v) is 6.11. The van der Waals surface area contributed by atoms with Crippen molar-refractivity contribution in [2.24, 2.45) is 11.1 Å². The van der Waals surface area contributed by atoms with Crippen molar-refractivity contribution >= 4 is 16.6 Å². The van der Waals surface area contributed by atoms with Gasteiger partial charge in [-0.25, -0.2) is 0 Å². The van der Waals surface area contributed by atoms with Gasteiger partial charge in [0.15, 0.2) is 0 Å². The van der Waals surface area contributed by atoms with Crippen LogP contribution in [0.2, 0.25) is 0 Å². The Morgan fingerprint density at radius 3 is 2.82 bits per heavy atom. The zero-order valence-corrected chi connectivity index (χ0v) is 9.82. The fraction of sp³-hybridized carbons (Fsp3) is 0.357. The quantitative estimate of drug-likeness (QED) is 0.843. The molecular weight excluding hydrogens is 210 g/mol. The molecule has 88 valence electrons. The Labute approximate surface area is 101 Å². The van der Waals surface area contributed by atoms with E-state index in [1.54, 1.807) is 0 Å². The number of anilines is 1. The first kappa shape index (κ1) is 10.5. The Morgan fingerprint density at radius 2 is 2.06 bits per heavy atom. The van der Waals surface area contributed by atoms with Crippen LogP contribution in [0.3, 0.4) is 0 Å². The molecule has 1 aliphatic rings. The molecule has 0 radical (unpaired) electrons. The zero-order valence-electron chi connectivity index (χ0n) is 9.82. The lowest BCUT2D eigenvalue weighted by Gasteiger charge is -2.15. The van der Waals surface area contributed by atoms with Gasteiger partial charge in [0, 0.05) is 23.8 Å². The smallest absolute Gasteiger partial charge is 0.0722 e. The number of hydrogen-bond donors (Lipinski definition) is 2. The Kier molecular flexibility index (Phi) is 2.48. The number of pyridine rings is 1. The van der Waals surface area contributed by atoms with Crippen LogP contribution in [0.5, 0.6) is 0 Å². The van der Waals surface area contributed by atoms with Gasteiger partial charge in [0.2, 0.25) is 0 Å². The van der Waals surface area contributed by atoms with Gasteiger partial charge in [0.05, 0.1) is 5.52 Å². The largest absolute Gasteiger partial charge is 0.384 e. The van der Waals surface area contributed by atoms with Gasteiger partial charge in [0.25, 0.3) is 0 Å². The summed E-state index contributed by atoms with van der Waals surface area (Å²) in [5, 5.41) is 4.70. The minimum atomic E-state index is 0.352. The van der Waals surface area contributed by atoms with Crippen LogP contribution in [0.1, 0.15) is 12.8 Å². The van der Waals surface area contributed by atoms with E-state index in [1.165, 1.54) is 18.2 Å². The van der Waals surface area contributed by atoms with Gasteiger partial charge in [-0.05, 0) is 36.9 Å². The summed E-state index contributed by atoms with van der Waals surface area (Å²) < 4.78 is 0. The second-order valence-corrected chi connectivity index (χ2v) is 4.93. The molecule has 2 aromatic rings. The molecule has 1 heterocycles. The van der Waals surface area contributed by atoms with Crippen molar-refractivity contribution in [2.45, 2.75) is 12.8 Å². The molecule has 3 heteroatoms.